The van der Waals surface area contributed by atoms with Gasteiger partial charge in [0.1, 0.15) is 5.69 Å². The third-order valence-electron chi connectivity index (χ3n) is 1.96. The Kier molecular flexibility index (Phi) is 3.69. The van der Waals surface area contributed by atoms with Crippen molar-refractivity contribution in [3.63, 3.8) is 0 Å². The molecule has 0 atom stereocenters. The SMILES string of the molecule is O=[N+]([O-])OC(O[N+](=O)[O-])c1cn(-c2nonc2[N+](=O)[O-])nn1. The molecule has 0 aliphatic heterocycles. The zero-order valence-electron chi connectivity index (χ0n) is 9.91. The smallest absolute Gasteiger partial charge is 0.358 e. The Hall–Kier alpha value is -3.92. The molecule has 0 N–H and O–H groups in total. The van der Waals surface area contributed by atoms with Crippen molar-refractivity contribution in [1.29, 1.82) is 0 Å². The summed E-state index contributed by atoms with van der Waals surface area (Å²) in [5, 5.41) is 41.2. The van der Waals surface area contributed by atoms with Crippen molar-refractivity contribution in [2.24, 2.45) is 0 Å². The maximum absolute atomic E-state index is 10.6. The summed E-state index contributed by atoms with van der Waals surface area (Å²) in [6, 6.07) is 0. The number of hydrogen-bond acceptors (Lipinski definition) is 13. The molecule has 0 aliphatic carbocycles. The summed E-state index contributed by atoms with van der Waals surface area (Å²) in [5.41, 5.74) is -0.523. The first-order valence-electron chi connectivity index (χ1n) is 4.90. The quantitative estimate of drug-likeness (QED) is 0.339. The van der Waals surface area contributed by atoms with Gasteiger partial charge in [0.2, 0.25) is 0 Å². The van der Waals surface area contributed by atoms with Gasteiger partial charge in [0.05, 0.1) is 6.20 Å². The van der Waals surface area contributed by atoms with E-state index in [0.717, 1.165) is 6.20 Å². The van der Waals surface area contributed by atoms with Crippen LogP contribution in [0, 0.1) is 30.3 Å². The second-order valence-electron chi connectivity index (χ2n) is 3.25. The van der Waals surface area contributed by atoms with Crippen LogP contribution in [0.2, 0.25) is 0 Å². The number of nitrogens with zero attached hydrogens (tertiary/aromatic N) is 8. The van der Waals surface area contributed by atoms with E-state index in [1.54, 1.807) is 0 Å². The van der Waals surface area contributed by atoms with Gasteiger partial charge in [-0.25, -0.2) is 0 Å². The van der Waals surface area contributed by atoms with Gasteiger partial charge in [-0.3, -0.25) is 9.68 Å². The second kappa shape index (κ2) is 5.60. The number of nitro groups is 1. The highest BCUT2D eigenvalue weighted by Crippen LogP contribution is 2.20. The van der Waals surface area contributed by atoms with E-state index >= 15 is 0 Å². The van der Waals surface area contributed by atoms with Gasteiger partial charge in [-0.2, -0.15) is 4.68 Å². The molecular formula is C5H2N8O9. The molecule has 0 saturated heterocycles. The van der Waals surface area contributed by atoms with Gasteiger partial charge in [-0.05, 0) is 4.92 Å². The number of hydrogen-bond donors (Lipinski definition) is 0. The van der Waals surface area contributed by atoms with Crippen LogP contribution in [-0.4, -0.2) is 40.4 Å². The van der Waals surface area contributed by atoms with Gasteiger partial charge < -0.3 is 10.1 Å². The van der Waals surface area contributed by atoms with E-state index in [9.17, 15) is 30.3 Å². The van der Waals surface area contributed by atoms with Gasteiger partial charge in [0, 0.05) is 5.16 Å². The van der Waals surface area contributed by atoms with Gasteiger partial charge in [0.25, 0.3) is 16.5 Å². The molecule has 0 aromatic carbocycles. The molecule has 0 bridgehead atoms. The van der Waals surface area contributed by atoms with Crippen LogP contribution >= 0.6 is 0 Å². The molecule has 17 nitrogen and oxygen atoms in total. The molecule has 0 saturated carbocycles. The van der Waals surface area contributed by atoms with Crippen LogP contribution in [-0.2, 0) is 9.68 Å². The first-order valence-corrected chi connectivity index (χ1v) is 4.90. The van der Waals surface area contributed by atoms with Crippen molar-refractivity contribution in [2.45, 2.75) is 6.29 Å². The Morgan fingerprint density at radius 3 is 2.32 bits per heavy atom. The molecule has 2 rings (SSSR count). The summed E-state index contributed by atoms with van der Waals surface area (Å²) in [5.74, 6) is -1.33. The third-order valence-corrected chi connectivity index (χ3v) is 1.96. The molecular weight excluding hydrogens is 316 g/mol. The summed E-state index contributed by atoms with van der Waals surface area (Å²) in [4.78, 5) is 38.0. The average molecular weight is 318 g/mol. The number of rotatable bonds is 7. The number of aromatic nitrogens is 5. The molecule has 22 heavy (non-hydrogen) atoms. The highest BCUT2D eigenvalue weighted by atomic mass is 17.0. The first kappa shape index (κ1) is 14.5. The van der Waals surface area contributed by atoms with Crippen LogP contribution in [0.25, 0.3) is 5.82 Å². The molecule has 0 spiro atoms. The van der Waals surface area contributed by atoms with Crippen molar-refractivity contribution in [1.82, 2.24) is 25.3 Å². The Morgan fingerprint density at radius 1 is 1.14 bits per heavy atom. The summed E-state index contributed by atoms with van der Waals surface area (Å²) < 4.78 is 4.79. The van der Waals surface area contributed by atoms with E-state index < -0.39 is 38.7 Å². The lowest BCUT2D eigenvalue weighted by Crippen LogP contribution is -2.16. The highest BCUT2D eigenvalue weighted by molar-refractivity contribution is 5.36. The molecule has 17 heteroatoms. The monoisotopic (exact) mass is 318 g/mol. The largest absolute Gasteiger partial charge is 0.461 e. The molecule has 2 heterocycles. The minimum Gasteiger partial charge on any atom is -0.358 e. The molecule has 0 radical (unpaired) electrons. The van der Waals surface area contributed by atoms with Crippen LogP contribution in [0.4, 0.5) is 5.82 Å². The average Bonchev–Trinajstić information content (AvgIpc) is 3.05. The Bertz CT molecular complexity index is 705. The van der Waals surface area contributed by atoms with Gasteiger partial charge in [-0.15, -0.1) is 30.0 Å². The Labute approximate surface area is 116 Å². The molecule has 2 aromatic rings. The van der Waals surface area contributed by atoms with E-state index in [0.29, 0.717) is 4.68 Å². The zero-order chi connectivity index (χ0) is 16.3. The van der Waals surface area contributed by atoms with Crippen LogP contribution in [0.1, 0.15) is 12.0 Å². The molecule has 116 valence electrons. The van der Waals surface area contributed by atoms with Crippen molar-refractivity contribution >= 4 is 5.82 Å². The minimum absolute atomic E-state index is 0.510. The summed E-state index contributed by atoms with van der Waals surface area (Å²) in [7, 11) is 0. The first-order chi connectivity index (χ1) is 10.4. The van der Waals surface area contributed by atoms with E-state index in [2.05, 4.69) is 34.9 Å². The lowest BCUT2D eigenvalue weighted by atomic mass is 10.4. The van der Waals surface area contributed by atoms with Gasteiger partial charge in [0.15, 0.2) is 5.16 Å². The second-order valence-corrected chi connectivity index (χ2v) is 3.25. The predicted molar refractivity (Wildman–Crippen MR) is 54.8 cm³/mol. The fourth-order valence-corrected chi connectivity index (χ4v) is 1.21. The summed E-state index contributed by atoms with van der Waals surface area (Å²) in [6.07, 6.45) is -1.33. The van der Waals surface area contributed by atoms with Crippen molar-refractivity contribution in [3.05, 3.63) is 42.2 Å². The van der Waals surface area contributed by atoms with E-state index in [-0.39, 0.29) is 0 Å². The topological polar surface area (TPSA) is 218 Å². The lowest BCUT2D eigenvalue weighted by Gasteiger charge is -2.08. The van der Waals surface area contributed by atoms with Crippen LogP contribution in [0.3, 0.4) is 0 Å². The van der Waals surface area contributed by atoms with Gasteiger partial charge in [-0.1, -0.05) is 5.21 Å². The van der Waals surface area contributed by atoms with E-state index in [1.807, 2.05) is 0 Å². The maximum atomic E-state index is 10.6. The van der Waals surface area contributed by atoms with Crippen LogP contribution in [0.15, 0.2) is 10.8 Å². The van der Waals surface area contributed by atoms with E-state index in [1.165, 1.54) is 0 Å². The third kappa shape index (κ3) is 2.97. The molecule has 0 fully saturated rings. The molecule has 0 aliphatic rings. The standard InChI is InChI=1S/C5H2N8O9/c14-11(15)4-3(7-22-8-4)10-1-2(6-9-10)5(20-12(16)17)21-13(18)19/h1,5H. The Balaban J connectivity index is 2.32. The summed E-state index contributed by atoms with van der Waals surface area (Å²) >= 11 is 0. The van der Waals surface area contributed by atoms with Crippen LogP contribution < -0.4 is 0 Å². The molecule has 0 unspecified atom stereocenters. The molecule has 2 aromatic heterocycles. The van der Waals surface area contributed by atoms with Crippen molar-refractivity contribution in [2.75, 3.05) is 0 Å². The fraction of sp³-hybridized carbons (Fsp3) is 0.200. The molecule has 0 amide bonds. The van der Waals surface area contributed by atoms with Crippen LogP contribution in [0.5, 0.6) is 0 Å². The lowest BCUT2D eigenvalue weighted by molar-refractivity contribution is -0.855. The fourth-order valence-electron chi connectivity index (χ4n) is 1.21. The normalized spacial score (nSPS) is 10.4. The summed E-state index contributed by atoms with van der Waals surface area (Å²) in [6.45, 7) is 0. The van der Waals surface area contributed by atoms with Crippen molar-refractivity contribution < 1.29 is 29.4 Å². The van der Waals surface area contributed by atoms with Gasteiger partial charge >= 0.3 is 11.6 Å². The Morgan fingerprint density at radius 2 is 1.77 bits per heavy atom. The predicted octanol–water partition coefficient (Wildman–Crippen LogP) is -1.03. The zero-order valence-corrected chi connectivity index (χ0v) is 9.91. The minimum atomic E-state index is -2.14. The highest BCUT2D eigenvalue weighted by Gasteiger charge is 2.28. The van der Waals surface area contributed by atoms with Crippen molar-refractivity contribution in [3.8, 4) is 5.82 Å². The van der Waals surface area contributed by atoms with E-state index in [4.69, 9.17) is 0 Å². The maximum Gasteiger partial charge on any atom is 0.461 e.